The number of benzene rings is 2. The number of ether oxygens (including phenoxy) is 1. The van der Waals surface area contributed by atoms with E-state index in [4.69, 9.17) is 14.2 Å². The Hall–Kier alpha value is -3.03. The van der Waals surface area contributed by atoms with Gasteiger partial charge in [-0.3, -0.25) is 9.69 Å². The molecule has 0 spiro atoms. The zero-order chi connectivity index (χ0) is 21.2. The van der Waals surface area contributed by atoms with Crippen molar-refractivity contribution < 1.29 is 14.1 Å². The van der Waals surface area contributed by atoms with Crippen molar-refractivity contribution in [3.63, 3.8) is 0 Å². The van der Waals surface area contributed by atoms with Crippen LogP contribution in [-0.2, 0) is 11.2 Å². The maximum atomic E-state index is 13.5. The highest BCUT2D eigenvalue weighted by atomic mass is 32.1. The predicted octanol–water partition coefficient (Wildman–Crippen LogP) is 5.34. The van der Waals surface area contributed by atoms with Gasteiger partial charge in [-0.1, -0.05) is 65.9 Å². The third-order valence-corrected chi connectivity index (χ3v) is 6.59. The highest BCUT2D eigenvalue weighted by Crippen LogP contribution is 2.33. The second-order valence-electron chi connectivity index (χ2n) is 7.61. The molecule has 7 heteroatoms. The lowest BCUT2D eigenvalue weighted by Crippen LogP contribution is -2.37. The molecule has 5 rings (SSSR count). The molecule has 2 aromatic heterocycles. The molecule has 1 fully saturated rings. The molecule has 1 amide bonds. The lowest BCUT2D eigenvalue weighted by Gasteiger charge is -2.21. The number of aromatic nitrogens is 2. The number of fused-ring (bicyclic) bond motifs is 1. The van der Waals surface area contributed by atoms with E-state index in [1.54, 1.807) is 11.0 Å². The summed E-state index contributed by atoms with van der Waals surface area (Å²) in [6.45, 7) is 3.30. The van der Waals surface area contributed by atoms with Crippen molar-refractivity contribution in [3.05, 3.63) is 65.9 Å². The zero-order valence-corrected chi connectivity index (χ0v) is 18.1. The van der Waals surface area contributed by atoms with Crippen molar-refractivity contribution in [2.75, 3.05) is 18.1 Å². The third-order valence-electron chi connectivity index (χ3n) is 5.55. The van der Waals surface area contributed by atoms with Crippen LogP contribution in [-0.4, -0.2) is 35.3 Å². The lowest BCUT2D eigenvalue weighted by molar-refractivity contribution is 0.0910. The van der Waals surface area contributed by atoms with Crippen LogP contribution in [0.3, 0.4) is 0 Å². The number of hydrogen-bond acceptors (Lipinski definition) is 6. The summed E-state index contributed by atoms with van der Waals surface area (Å²) in [5.41, 5.74) is 3.29. The van der Waals surface area contributed by atoms with E-state index in [1.165, 1.54) is 16.9 Å². The number of hydrogen-bond donors (Lipinski definition) is 0. The van der Waals surface area contributed by atoms with E-state index in [9.17, 15) is 4.79 Å². The summed E-state index contributed by atoms with van der Waals surface area (Å²) in [4.78, 5) is 20.1. The normalized spacial score (nSPS) is 16.1. The largest absolute Gasteiger partial charge is 0.376 e. The van der Waals surface area contributed by atoms with Gasteiger partial charge in [-0.2, -0.15) is 0 Å². The fraction of sp³-hybridized carbons (Fsp3) is 0.292. The molecule has 1 aliphatic rings. The van der Waals surface area contributed by atoms with E-state index in [0.29, 0.717) is 17.4 Å². The Kier molecular flexibility index (Phi) is 5.53. The number of para-hydroxylation sites is 1. The minimum Gasteiger partial charge on any atom is -0.376 e. The lowest BCUT2D eigenvalue weighted by atomic mass is 10.1. The minimum atomic E-state index is -0.224. The van der Waals surface area contributed by atoms with Gasteiger partial charge in [0.2, 0.25) is 0 Å². The molecule has 6 nitrogen and oxygen atoms in total. The van der Waals surface area contributed by atoms with E-state index in [2.05, 4.69) is 18.1 Å². The summed E-state index contributed by atoms with van der Waals surface area (Å²) < 4.78 is 12.4. The Morgan fingerprint density at radius 2 is 2.06 bits per heavy atom. The topological polar surface area (TPSA) is 68.5 Å². The van der Waals surface area contributed by atoms with Crippen molar-refractivity contribution >= 4 is 32.6 Å². The zero-order valence-electron chi connectivity index (χ0n) is 17.3. The van der Waals surface area contributed by atoms with Gasteiger partial charge < -0.3 is 9.26 Å². The standard InChI is InChI=1S/C24H23N3O3S/c1-2-16-10-6-12-21-22(16)25-24(31-21)27(15-18-11-7-13-29-18)23(28)19-14-20(30-26-19)17-8-4-3-5-9-17/h3-6,8-10,12,14,18H,2,7,11,13,15H2,1H3. The Morgan fingerprint density at radius 1 is 1.19 bits per heavy atom. The first-order valence-electron chi connectivity index (χ1n) is 10.6. The molecule has 4 aromatic rings. The van der Waals surface area contributed by atoms with Gasteiger partial charge in [0.05, 0.1) is 22.9 Å². The minimum absolute atomic E-state index is 0.00195. The Bertz CT molecular complexity index is 1200. The van der Waals surface area contributed by atoms with Gasteiger partial charge >= 0.3 is 0 Å². The molecule has 31 heavy (non-hydrogen) atoms. The first-order valence-corrected chi connectivity index (χ1v) is 11.4. The van der Waals surface area contributed by atoms with Crippen molar-refractivity contribution in [2.45, 2.75) is 32.3 Å². The summed E-state index contributed by atoms with van der Waals surface area (Å²) in [6.07, 6.45) is 2.84. The van der Waals surface area contributed by atoms with Crippen LogP contribution >= 0.6 is 11.3 Å². The van der Waals surface area contributed by atoms with Crippen LogP contribution in [0.1, 0.15) is 35.8 Å². The first-order chi connectivity index (χ1) is 15.2. The summed E-state index contributed by atoms with van der Waals surface area (Å²) in [5, 5.41) is 4.74. The number of aryl methyl sites for hydroxylation is 1. The van der Waals surface area contributed by atoms with Crippen LogP contribution in [0.2, 0.25) is 0 Å². The summed E-state index contributed by atoms with van der Waals surface area (Å²) in [7, 11) is 0. The van der Waals surface area contributed by atoms with Gasteiger partial charge in [0, 0.05) is 18.2 Å². The van der Waals surface area contributed by atoms with Gasteiger partial charge in [-0.15, -0.1) is 0 Å². The van der Waals surface area contributed by atoms with E-state index < -0.39 is 0 Å². The van der Waals surface area contributed by atoms with E-state index in [1.807, 2.05) is 42.5 Å². The predicted molar refractivity (Wildman–Crippen MR) is 122 cm³/mol. The second kappa shape index (κ2) is 8.61. The number of rotatable bonds is 6. The fourth-order valence-corrected chi connectivity index (χ4v) is 4.91. The SMILES string of the molecule is CCc1cccc2sc(N(CC3CCCO3)C(=O)c3cc(-c4ccccc4)on3)nc12. The van der Waals surface area contributed by atoms with Crippen molar-refractivity contribution in [3.8, 4) is 11.3 Å². The van der Waals surface area contributed by atoms with Crippen LogP contribution in [0, 0.1) is 0 Å². The summed E-state index contributed by atoms with van der Waals surface area (Å²) in [6, 6.07) is 17.5. The average Bonchev–Trinajstić information content (AvgIpc) is 3.57. The number of anilines is 1. The van der Waals surface area contributed by atoms with Crippen LogP contribution < -0.4 is 4.90 Å². The summed E-state index contributed by atoms with van der Waals surface area (Å²) in [5.74, 6) is 0.345. The first kappa shape index (κ1) is 19.9. The van der Waals surface area contributed by atoms with E-state index in [-0.39, 0.29) is 17.7 Å². The molecule has 1 unspecified atom stereocenters. The van der Waals surface area contributed by atoms with E-state index >= 15 is 0 Å². The van der Waals surface area contributed by atoms with Gasteiger partial charge in [0.25, 0.3) is 5.91 Å². The van der Waals surface area contributed by atoms with Crippen LogP contribution in [0.4, 0.5) is 5.13 Å². The number of carbonyl (C=O) groups excluding carboxylic acids is 1. The molecule has 158 valence electrons. The number of carbonyl (C=O) groups is 1. The van der Waals surface area contributed by atoms with Crippen LogP contribution in [0.25, 0.3) is 21.5 Å². The van der Waals surface area contributed by atoms with E-state index in [0.717, 1.165) is 41.6 Å². The molecule has 1 saturated heterocycles. The van der Waals surface area contributed by atoms with Gasteiger partial charge in [0.15, 0.2) is 16.6 Å². The fourth-order valence-electron chi connectivity index (χ4n) is 3.89. The quantitative estimate of drug-likeness (QED) is 0.411. The molecular formula is C24H23N3O3S. The molecule has 0 radical (unpaired) electrons. The number of thiazole rings is 1. The second-order valence-corrected chi connectivity index (χ2v) is 8.62. The van der Waals surface area contributed by atoms with Crippen LogP contribution in [0.5, 0.6) is 0 Å². The molecule has 0 N–H and O–H groups in total. The highest BCUT2D eigenvalue weighted by Gasteiger charge is 2.29. The molecule has 2 aromatic carbocycles. The van der Waals surface area contributed by atoms with Crippen molar-refractivity contribution in [1.29, 1.82) is 0 Å². The molecule has 0 saturated carbocycles. The smallest absolute Gasteiger partial charge is 0.282 e. The molecule has 0 bridgehead atoms. The monoisotopic (exact) mass is 433 g/mol. The van der Waals surface area contributed by atoms with Crippen molar-refractivity contribution in [1.82, 2.24) is 10.1 Å². The van der Waals surface area contributed by atoms with Gasteiger partial charge in [-0.05, 0) is 30.9 Å². The number of nitrogens with zero attached hydrogens (tertiary/aromatic N) is 3. The average molecular weight is 434 g/mol. The molecule has 1 atom stereocenters. The molecule has 1 aliphatic heterocycles. The molecular weight excluding hydrogens is 410 g/mol. The maximum Gasteiger partial charge on any atom is 0.282 e. The maximum absolute atomic E-state index is 13.5. The Morgan fingerprint density at radius 3 is 2.84 bits per heavy atom. The van der Waals surface area contributed by atoms with Crippen LogP contribution in [0.15, 0.2) is 59.1 Å². The molecule has 3 heterocycles. The Labute approximate surface area is 184 Å². The highest BCUT2D eigenvalue weighted by molar-refractivity contribution is 7.22. The summed E-state index contributed by atoms with van der Waals surface area (Å²) >= 11 is 1.52. The molecule has 0 aliphatic carbocycles. The van der Waals surface area contributed by atoms with Gasteiger partial charge in [-0.25, -0.2) is 4.98 Å². The van der Waals surface area contributed by atoms with Crippen molar-refractivity contribution in [2.24, 2.45) is 0 Å². The Balaban J connectivity index is 1.50. The van der Waals surface area contributed by atoms with Gasteiger partial charge in [0.1, 0.15) is 0 Å². The third kappa shape index (κ3) is 3.98. The number of amides is 1.